The molecule has 1 aromatic carbocycles. The van der Waals surface area contributed by atoms with Gasteiger partial charge in [-0.3, -0.25) is 4.90 Å². The minimum atomic E-state index is 0. The van der Waals surface area contributed by atoms with Crippen LogP contribution in [0.15, 0.2) is 28.8 Å². The average molecular weight is 353 g/mol. The van der Waals surface area contributed by atoms with E-state index < -0.39 is 0 Å². The Morgan fingerprint density at radius 3 is 2.58 bits per heavy atom. The largest absolute Gasteiger partial charge is 0.497 e. The van der Waals surface area contributed by atoms with E-state index in [-0.39, 0.29) is 12.4 Å². The van der Waals surface area contributed by atoms with Gasteiger partial charge < -0.3 is 14.6 Å². The van der Waals surface area contributed by atoms with E-state index in [0.717, 1.165) is 43.4 Å². The van der Waals surface area contributed by atoms with Crippen LogP contribution in [0.2, 0.25) is 0 Å². The lowest BCUT2D eigenvalue weighted by Gasteiger charge is -2.30. The molecule has 6 nitrogen and oxygen atoms in total. The van der Waals surface area contributed by atoms with Gasteiger partial charge in [0.1, 0.15) is 5.75 Å². The van der Waals surface area contributed by atoms with E-state index in [1.54, 1.807) is 7.11 Å². The summed E-state index contributed by atoms with van der Waals surface area (Å²) in [6.45, 7) is 4.02. The van der Waals surface area contributed by atoms with Crippen LogP contribution in [0.1, 0.15) is 18.7 Å². The molecule has 0 amide bonds. The van der Waals surface area contributed by atoms with Crippen molar-refractivity contribution in [3.8, 4) is 17.1 Å². The lowest BCUT2D eigenvalue weighted by Crippen LogP contribution is -2.36. The minimum absolute atomic E-state index is 0. The highest BCUT2D eigenvalue weighted by molar-refractivity contribution is 5.85. The summed E-state index contributed by atoms with van der Waals surface area (Å²) in [7, 11) is 3.67. The molecule has 0 saturated carbocycles. The lowest BCUT2D eigenvalue weighted by atomic mass is 9.97. The van der Waals surface area contributed by atoms with E-state index >= 15 is 0 Å². The third-order valence-electron chi connectivity index (χ3n) is 4.38. The van der Waals surface area contributed by atoms with Crippen molar-refractivity contribution in [2.45, 2.75) is 19.4 Å². The number of rotatable bonds is 6. The molecular formula is C17H25ClN4O2. The Labute approximate surface area is 149 Å². The van der Waals surface area contributed by atoms with Crippen molar-refractivity contribution in [1.29, 1.82) is 0 Å². The van der Waals surface area contributed by atoms with Crippen LogP contribution in [0.25, 0.3) is 11.4 Å². The molecule has 2 heterocycles. The first-order valence-corrected chi connectivity index (χ1v) is 8.12. The number of methoxy groups -OCH3 is 1. The van der Waals surface area contributed by atoms with Crippen LogP contribution in [0, 0.1) is 5.92 Å². The molecule has 0 radical (unpaired) electrons. The normalized spacial score (nSPS) is 15.9. The fourth-order valence-corrected chi connectivity index (χ4v) is 3.01. The SMILES string of the molecule is CNCC1CCN(Cc2nc(-c3ccc(OC)cc3)no2)CC1.Cl. The van der Waals surface area contributed by atoms with Gasteiger partial charge in [0.25, 0.3) is 0 Å². The molecule has 0 aliphatic carbocycles. The maximum Gasteiger partial charge on any atom is 0.241 e. The molecule has 1 fully saturated rings. The summed E-state index contributed by atoms with van der Waals surface area (Å²) in [5, 5.41) is 7.35. The lowest BCUT2D eigenvalue weighted by molar-refractivity contribution is 0.159. The van der Waals surface area contributed by atoms with Crippen LogP contribution >= 0.6 is 12.4 Å². The van der Waals surface area contributed by atoms with Crippen molar-refractivity contribution in [2.75, 3.05) is 33.8 Å². The fraction of sp³-hybridized carbons (Fsp3) is 0.529. The van der Waals surface area contributed by atoms with E-state index in [4.69, 9.17) is 9.26 Å². The monoisotopic (exact) mass is 352 g/mol. The van der Waals surface area contributed by atoms with Crippen molar-refractivity contribution in [3.05, 3.63) is 30.2 Å². The van der Waals surface area contributed by atoms with Gasteiger partial charge in [0, 0.05) is 5.56 Å². The van der Waals surface area contributed by atoms with Gasteiger partial charge in [0.15, 0.2) is 0 Å². The Bertz CT molecular complexity index is 609. The van der Waals surface area contributed by atoms with Crippen molar-refractivity contribution in [1.82, 2.24) is 20.4 Å². The second-order valence-electron chi connectivity index (χ2n) is 6.02. The zero-order valence-electron chi connectivity index (χ0n) is 14.2. The average Bonchev–Trinajstić information content (AvgIpc) is 3.05. The summed E-state index contributed by atoms with van der Waals surface area (Å²) in [5.74, 6) is 2.92. The molecule has 0 atom stereocenters. The third kappa shape index (κ3) is 4.69. The number of nitrogens with zero attached hydrogens (tertiary/aromatic N) is 3. The second kappa shape index (κ2) is 9.01. The van der Waals surface area contributed by atoms with Gasteiger partial charge in [-0.25, -0.2) is 0 Å². The first-order chi connectivity index (χ1) is 11.3. The number of piperidine rings is 1. The van der Waals surface area contributed by atoms with Gasteiger partial charge in [-0.2, -0.15) is 4.98 Å². The van der Waals surface area contributed by atoms with E-state index in [1.165, 1.54) is 12.8 Å². The van der Waals surface area contributed by atoms with Gasteiger partial charge in [0.2, 0.25) is 11.7 Å². The minimum Gasteiger partial charge on any atom is -0.497 e. The number of halogens is 1. The number of hydrogen-bond donors (Lipinski definition) is 1. The van der Waals surface area contributed by atoms with Crippen LogP contribution < -0.4 is 10.1 Å². The molecule has 0 bridgehead atoms. The first kappa shape index (κ1) is 18.7. The van der Waals surface area contributed by atoms with Crippen molar-refractivity contribution in [3.63, 3.8) is 0 Å². The molecule has 3 rings (SSSR count). The molecular weight excluding hydrogens is 328 g/mol. The van der Waals surface area contributed by atoms with Gasteiger partial charge in [-0.15, -0.1) is 12.4 Å². The highest BCUT2D eigenvalue weighted by Gasteiger charge is 2.20. The maximum absolute atomic E-state index is 5.41. The molecule has 1 aliphatic heterocycles. The van der Waals surface area contributed by atoms with E-state index in [0.29, 0.717) is 11.7 Å². The van der Waals surface area contributed by atoms with E-state index in [2.05, 4.69) is 20.4 Å². The number of aromatic nitrogens is 2. The molecule has 7 heteroatoms. The highest BCUT2D eigenvalue weighted by Crippen LogP contribution is 2.21. The predicted octanol–water partition coefficient (Wildman–Crippen LogP) is 2.60. The quantitative estimate of drug-likeness (QED) is 0.862. The summed E-state index contributed by atoms with van der Waals surface area (Å²) < 4.78 is 10.6. The first-order valence-electron chi connectivity index (χ1n) is 8.12. The van der Waals surface area contributed by atoms with Crippen molar-refractivity contribution in [2.24, 2.45) is 5.92 Å². The number of hydrogen-bond acceptors (Lipinski definition) is 6. The number of ether oxygens (including phenoxy) is 1. The number of benzene rings is 1. The number of nitrogens with one attached hydrogen (secondary N) is 1. The van der Waals surface area contributed by atoms with Crippen LogP contribution in [0.5, 0.6) is 5.75 Å². The molecule has 132 valence electrons. The summed E-state index contributed by atoms with van der Waals surface area (Å²) in [6.07, 6.45) is 2.45. The Kier molecular flexibility index (Phi) is 7.02. The zero-order valence-corrected chi connectivity index (χ0v) is 15.0. The molecule has 1 N–H and O–H groups in total. The molecule has 0 unspecified atom stereocenters. The second-order valence-corrected chi connectivity index (χ2v) is 6.02. The topological polar surface area (TPSA) is 63.4 Å². The van der Waals surface area contributed by atoms with E-state index in [1.807, 2.05) is 31.3 Å². The summed E-state index contributed by atoms with van der Waals surface area (Å²) in [5.41, 5.74) is 0.938. The molecule has 24 heavy (non-hydrogen) atoms. The third-order valence-corrected chi connectivity index (χ3v) is 4.38. The van der Waals surface area contributed by atoms with Crippen molar-refractivity contribution >= 4 is 12.4 Å². The molecule has 1 saturated heterocycles. The Balaban J connectivity index is 0.00000208. The fourth-order valence-electron chi connectivity index (χ4n) is 3.01. The Morgan fingerprint density at radius 1 is 1.25 bits per heavy atom. The predicted molar refractivity (Wildman–Crippen MR) is 95.5 cm³/mol. The summed E-state index contributed by atoms with van der Waals surface area (Å²) >= 11 is 0. The summed E-state index contributed by atoms with van der Waals surface area (Å²) in [4.78, 5) is 6.90. The molecule has 2 aromatic rings. The van der Waals surface area contributed by atoms with Crippen LogP contribution in [-0.4, -0.2) is 48.8 Å². The molecule has 1 aromatic heterocycles. The smallest absolute Gasteiger partial charge is 0.241 e. The van der Waals surface area contributed by atoms with Crippen LogP contribution in [0.4, 0.5) is 0 Å². The Hall–Kier alpha value is -1.63. The molecule has 1 aliphatic rings. The van der Waals surface area contributed by atoms with Gasteiger partial charge in [-0.1, -0.05) is 5.16 Å². The van der Waals surface area contributed by atoms with Gasteiger partial charge in [0.05, 0.1) is 13.7 Å². The van der Waals surface area contributed by atoms with Crippen LogP contribution in [0.3, 0.4) is 0 Å². The highest BCUT2D eigenvalue weighted by atomic mass is 35.5. The standard InChI is InChI=1S/C17H24N4O2.ClH/c1-18-11-13-7-9-21(10-8-13)12-16-19-17(20-23-16)14-3-5-15(22-2)6-4-14;/h3-6,13,18H,7-12H2,1-2H3;1H. The Morgan fingerprint density at radius 2 is 1.96 bits per heavy atom. The van der Waals surface area contributed by atoms with E-state index in [9.17, 15) is 0 Å². The number of likely N-dealkylation sites (tertiary alicyclic amines) is 1. The molecule has 0 spiro atoms. The van der Waals surface area contributed by atoms with Gasteiger partial charge in [-0.05, 0) is 69.7 Å². The maximum atomic E-state index is 5.41. The summed E-state index contributed by atoms with van der Waals surface area (Å²) in [6, 6.07) is 7.68. The zero-order chi connectivity index (χ0) is 16.1. The van der Waals surface area contributed by atoms with Crippen LogP contribution in [-0.2, 0) is 6.54 Å². The van der Waals surface area contributed by atoms with Crippen molar-refractivity contribution < 1.29 is 9.26 Å². The van der Waals surface area contributed by atoms with Gasteiger partial charge >= 0.3 is 0 Å².